The van der Waals surface area contributed by atoms with Crippen molar-refractivity contribution in [2.45, 2.75) is 11.5 Å². The standard InChI is InChI=1S/C7H2ClF3N2O2S/c8-16(14,15)7-3(2-12)4(9)1-5(13-7)6(10)11/h1,6H. The summed E-state index contributed by atoms with van der Waals surface area (Å²) >= 11 is 0. The van der Waals surface area contributed by atoms with Crippen molar-refractivity contribution in [2.75, 3.05) is 0 Å². The lowest BCUT2D eigenvalue weighted by Crippen LogP contribution is -2.05. The van der Waals surface area contributed by atoms with E-state index in [4.69, 9.17) is 15.9 Å². The first-order valence-corrected chi connectivity index (χ1v) is 5.91. The first-order valence-electron chi connectivity index (χ1n) is 3.60. The Hall–Kier alpha value is -1.33. The van der Waals surface area contributed by atoms with E-state index in [2.05, 4.69) is 4.98 Å². The largest absolute Gasteiger partial charge is 0.280 e. The number of pyridine rings is 1. The fraction of sp³-hybridized carbons (Fsp3) is 0.143. The average molecular weight is 271 g/mol. The summed E-state index contributed by atoms with van der Waals surface area (Å²) in [5, 5.41) is 7.25. The van der Waals surface area contributed by atoms with Crippen LogP contribution in [0.25, 0.3) is 0 Å². The van der Waals surface area contributed by atoms with Gasteiger partial charge in [-0.15, -0.1) is 0 Å². The Morgan fingerprint density at radius 2 is 2.06 bits per heavy atom. The minimum Gasteiger partial charge on any atom is -0.233 e. The second-order valence-corrected chi connectivity index (χ2v) is 5.04. The van der Waals surface area contributed by atoms with Crippen molar-refractivity contribution in [1.29, 1.82) is 5.26 Å². The zero-order valence-electron chi connectivity index (χ0n) is 7.29. The first kappa shape index (κ1) is 12.7. The second kappa shape index (κ2) is 4.27. The molecule has 1 rings (SSSR count). The van der Waals surface area contributed by atoms with Crippen molar-refractivity contribution in [3.05, 3.63) is 23.1 Å². The van der Waals surface area contributed by atoms with Crippen LogP contribution in [0.1, 0.15) is 17.7 Å². The van der Waals surface area contributed by atoms with Gasteiger partial charge in [0.1, 0.15) is 23.1 Å². The molecule has 0 spiro atoms. The van der Waals surface area contributed by atoms with E-state index in [0.29, 0.717) is 0 Å². The third-order valence-corrected chi connectivity index (χ3v) is 2.72. The molecule has 0 fully saturated rings. The van der Waals surface area contributed by atoms with Crippen LogP contribution in [0.2, 0.25) is 0 Å². The van der Waals surface area contributed by atoms with Crippen LogP contribution in [0.3, 0.4) is 0 Å². The van der Waals surface area contributed by atoms with Crippen LogP contribution in [0, 0.1) is 17.1 Å². The highest BCUT2D eigenvalue weighted by Gasteiger charge is 2.25. The Labute approximate surface area is 92.7 Å². The molecule has 0 aliphatic carbocycles. The lowest BCUT2D eigenvalue weighted by atomic mass is 10.2. The normalized spacial score (nSPS) is 11.5. The smallest absolute Gasteiger partial charge is 0.233 e. The molecule has 0 radical (unpaired) electrons. The Kier molecular flexibility index (Phi) is 3.40. The number of hydrogen-bond acceptors (Lipinski definition) is 4. The van der Waals surface area contributed by atoms with Gasteiger partial charge in [0.25, 0.3) is 15.5 Å². The molecule has 0 aliphatic rings. The highest BCUT2D eigenvalue weighted by Crippen LogP contribution is 2.25. The third-order valence-electron chi connectivity index (χ3n) is 1.52. The van der Waals surface area contributed by atoms with E-state index in [1.165, 1.54) is 6.07 Å². The summed E-state index contributed by atoms with van der Waals surface area (Å²) in [4.78, 5) is 2.94. The molecule has 0 unspecified atom stereocenters. The molecule has 86 valence electrons. The van der Waals surface area contributed by atoms with Crippen molar-refractivity contribution in [1.82, 2.24) is 4.98 Å². The molecular weight excluding hydrogens is 269 g/mol. The molecule has 0 N–H and O–H groups in total. The third kappa shape index (κ3) is 2.43. The zero-order chi connectivity index (χ0) is 12.5. The maximum absolute atomic E-state index is 13.1. The van der Waals surface area contributed by atoms with Crippen LogP contribution in [-0.4, -0.2) is 13.4 Å². The Morgan fingerprint density at radius 1 is 1.50 bits per heavy atom. The minimum atomic E-state index is -4.56. The highest BCUT2D eigenvalue weighted by molar-refractivity contribution is 8.13. The van der Waals surface area contributed by atoms with Gasteiger partial charge in [-0.3, -0.25) is 0 Å². The fourth-order valence-corrected chi connectivity index (χ4v) is 1.84. The molecule has 0 bridgehead atoms. The van der Waals surface area contributed by atoms with Crippen LogP contribution < -0.4 is 0 Å². The molecule has 1 aromatic heterocycles. The van der Waals surface area contributed by atoms with E-state index in [1.807, 2.05) is 0 Å². The SMILES string of the molecule is N#Cc1c(F)cc(C(F)F)nc1S(=O)(=O)Cl. The Morgan fingerprint density at radius 3 is 2.44 bits per heavy atom. The summed E-state index contributed by atoms with van der Waals surface area (Å²) in [7, 11) is 0.279. The molecule has 1 aromatic rings. The van der Waals surface area contributed by atoms with E-state index < -0.39 is 37.6 Å². The van der Waals surface area contributed by atoms with Gasteiger partial charge in [0.05, 0.1) is 0 Å². The number of hydrogen-bond donors (Lipinski definition) is 0. The number of halogens is 4. The van der Waals surface area contributed by atoms with Crippen LogP contribution in [0.15, 0.2) is 11.1 Å². The van der Waals surface area contributed by atoms with Crippen molar-refractivity contribution in [2.24, 2.45) is 0 Å². The molecule has 0 saturated heterocycles. The molecule has 0 aromatic carbocycles. The van der Waals surface area contributed by atoms with E-state index in [-0.39, 0.29) is 6.07 Å². The van der Waals surface area contributed by atoms with Gasteiger partial charge in [-0.25, -0.2) is 26.6 Å². The van der Waals surface area contributed by atoms with E-state index in [9.17, 15) is 21.6 Å². The lowest BCUT2D eigenvalue weighted by Gasteiger charge is -2.04. The first-order chi connectivity index (χ1) is 7.27. The number of aromatic nitrogens is 1. The van der Waals surface area contributed by atoms with E-state index in [1.54, 1.807) is 0 Å². The summed E-state index contributed by atoms with van der Waals surface area (Å²) in [6.07, 6.45) is -3.17. The van der Waals surface area contributed by atoms with Gasteiger partial charge in [-0.05, 0) is 0 Å². The molecular formula is C7H2ClF3N2O2S. The van der Waals surface area contributed by atoms with Crippen molar-refractivity contribution >= 4 is 19.7 Å². The second-order valence-electron chi connectivity index (χ2n) is 2.56. The molecule has 9 heteroatoms. The maximum Gasteiger partial charge on any atom is 0.280 e. The van der Waals surface area contributed by atoms with Gasteiger partial charge in [-0.1, -0.05) is 0 Å². The summed E-state index contributed by atoms with van der Waals surface area (Å²) in [5.41, 5.74) is -2.09. The highest BCUT2D eigenvalue weighted by atomic mass is 35.7. The summed E-state index contributed by atoms with van der Waals surface area (Å²) < 4.78 is 59.2. The van der Waals surface area contributed by atoms with Gasteiger partial charge in [0, 0.05) is 16.7 Å². The zero-order valence-corrected chi connectivity index (χ0v) is 8.86. The van der Waals surface area contributed by atoms with Crippen molar-refractivity contribution < 1.29 is 21.6 Å². The monoisotopic (exact) mass is 270 g/mol. The van der Waals surface area contributed by atoms with Gasteiger partial charge >= 0.3 is 0 Å². The topological polar surface area (TPSA) is 70.8 Å². The summed E-state index contributed by atoms with van der Waals surface area (Å²) in [5.74, 6) is -1.41. The maximum atomic E-state index is 13.1. The molecule has 0 atom stereocenters. The molecule has 0 amide bonds. The number of nitrogens with zero attached hydrogens (tertiary/aromatic N) is 2. The summed E-state index contributed by atoms with van der Waals surface area (Å²) in [6.45, 7) is 0. The quantitative estimate of drug-likeness (QED) is 0.770. The van der Waals surface area contributed by atoms with E-state index in [0.717, 1.165) is 0 Å². The van der Waals surface area contributed by atoms with Gasteiger partial charge < -0.3 is 0 Å². The van der Waals surface area contributed by atoms with Crippen molar-refractivity contribution in [3.8, 4) is 6.07 Å². The van der Waals surface area contributed by atoms with Crippen LogP contribution in [0.4, 0.5) is 13.2 Å². The van der Waals surface area contributed by atoms with Crippen molar-refractivity contribution in [3.63, 3.8) is 0 Å². The predicted molar refractivity (Wildman–Crippen MR) is 46.9 cm³/mol. The number of nitriles is 1. The Bertz CT molecular complexity index is 568. The number of rotatable bonds is 2. The predicted octanol–water partition coefficient (Wildman–Crippen LogP) is 1.96. The van der Waals surface area contributed by atoms with E-state index >= 15 is 0 Å². The van der Waals surface area contributed by atoms with Gasteiger partial charge in [-0.2, -0.15) is 5.26 Å². The Balaban J connectivity index is 3.64. The fourth-order valence-electron chi connectivity index (χ4n) is 0.899. The molecule has 16 heavy (non-hydrogen) atoms. The molecule has 1 heterocycles. The molecule has 0 saturated carbocycles. The van der Waals surface area contributed by atoms with Gasteiger partial charge in [0.2, 0.25) is 0 Å². The average Bonchev–Trinajstić information content (AvgIpc) is 2.14. The molecule has 0 aliphatic heterocycles. The number of alkyl halides is 2. The minimum absolute atomic E-state index is 0.286. The van der Waals surface area contributed by atoms with Crippen LogP contribution in [-0.2, 0) is 9.05 Å². The van der Waals surface area contributed by atoms with Crippen LogP contribution >= 0.6 is 10.7 Å². The van der Waals surface area contributed by atoms with Crippen LogP contribution in [0.5, 0.6) is 0 Å². The van der Waals surface area contributed by atoms with Gasteiger partial charge in [0.15, 0.2) is 5.03 Å². The summed E-state index contributed by atoms with van der Waals surface area (Å²) in [6, 6.07) is 1.48. The lowest BCUT2D eigenvalue weighted by molar-refractivity contribution is 0.144. The molecule has 4 nitrogen and oxygen atoms in total.